The van der Waals surface area contributed by atoms with Crippen LogP contribution in [0.4, 0.5) is 0 Å². The Morgan fingerprint density at radius 1 is 1.00 bits per heavy atom. The van der Waals surface area contributed by atoms with Crippen molar-refractivity contribution in [3.8, 4) is 11.4 Å². The van der Waals surface area contributed by atoms with Crippen LogP contribution in [-0.4, -0.2) is 64.0 Å². The molecule has 35 heavy (non-hydrogen) atoms. The second-order valence-corrected chi connectivity index (χ2v) is 9.43. The molecule has 0 aliphatic carbocycles. The predicted octanol–water partition coefficient (Wildman–Crippen LogP) is 3.07. The van der Waals surface area contributed by atoms with Crippen LogP contribution in [0.1, 0.15) is 30.9 Å². The number of amides is 2. The zero-order valence-corrected chi connectivity index (χ0v) is 20.6. The summed E-state index contributed by atoms with van der Waals surface area (Å²) in [7, 11) is 0. The first kappa shape index (κ1) is 24.6. The molecule has 2 aromatic carbocycles. The van der Waals surface area contributed by atoms with Gasteiger partial charge in [-0.2, -0.15) is 4.98 Å². The first-order valence-corrected chi connectivity index (χ1v) is 12.1. The molecule has 184 valence electrons. The third kappa shape index (κ3) is 6.54. The summed E-state index contributed by atoms with van der Waals surface area (Å²) in [6, 6.07) is 17.0. The predicted molar refractivity (Wildman–Crippen MR) is 133 cm³/mol. The molecule has 1 aromatic heterocycles. The van der Waals surface area contributed by atoms with E-state index in [0.717, 1.165) is 11.1 Å². The second-order valence-electron chi connectivity index (χ2n) is 9.43. The number of benzene rings is 2. The van der Waals surface area contributed by atoms with E-state index in [1.807, 2.05) is 80.3 Å². The summed E-state index contributed by atoms with van der Waals surface area (Å²) in [5.74, 6) is 0.982. The number of hydrogen-bond donors (Lipinski definition) is 1. The van der Waals surface area contributed by atoms with Gasteiger partial charge >= 0.3 is 0 Å². The van der Waals surface area contributed by atoms with Crippen LogP contribution in [0.15, 0.2) is 59.1 Å². The van der Waals surface area contributed by atoms with Crippen LogP contribution in [0.25, 0.3) is 11.4 Å². The Labute approximate surface area is 206 Å². The van der Waals surface area contributed by atoms with Crippen LogP contribution in [0, 0.1) is 12.8 Å². The average molecular weight is 476 g/mol. The van der Waals surface area contributed by atoms with E-state index in [4.69, 9.17) is 4.52 Å². The maximum Gasteiger partial charge on any atom is 0.245 e. The molecule has 4 rings (SSSR count). The van der Waals surface area contributed by atoms with Gasteiger partial charge in [-0.1, -0.05) is 79.2 Å². The third-order valence-corrected chi connectivity index (χ3v) is 6.28. The lowest BCUT2D eigenvalue weighted by Crippen LogP contribution is -2.56. The number of nitrogens with one attached hydrogen (secondary N) is 1. The zero-order chi connectivity index (χ0) is 24.8. The van der Waals surface area contributed by atoms with E-state index >= 15 is 0 Å². The van der Waals surface area contributed by atoms with E-state index < -0.39 is 6.04 Å². The minimum atomic E-state index is -0.536. The molecule has 1 atom stereocenters. The number of carbonyl (C=O) groups is 2. The summed E-state index contributed by atoms with van der Waals surface area (Å²) in [5.41, 5.74) is 3.04. The van der Waals surface area contributed by atoms with Gasteiger partial charge < -0.3 is 14.7 Å². The van der Waals surface area contributed by atoms with Crippen LogP contribution in [-0.2, 0) is 22.6 Å². The number of nitrogens with zero attached hydrogens (tertiary/aromatic N) is 4. The van der Waals surface area contributed by atoms with Crippen molar-refractivity contribution in [1.82, 2.24) is 25.3 Å². The minimum absolute atomic E-state index is 0.00107. The highest BCUT2D eigenvalue weighted by molar-refractivity contribution is 5.88. The highest BCUT2D eigenvalue weighted by atomic mass is 16.5. The first-order valence-electron chi connectivity index (χ1n) is 12.1. The topological polar surface area (TPSA) is 91.6 Å². The number of rotatable bonds is 8. The summed E-state index contributed by atoms with van der Waals surface area (Å²) in [5, 5.41) is 7.07. The van der Waals surface area contributed by atoms with Gasteiger partial charge in [-0.3, -0.25) is 14.5 Å². The van der Waals surface area contributed by atoms with Gasteiger partial charge in [-0.25, -0.2) is 0 Å². The summed E-state index contributed by atoms with van der Waals surface area (Å²) in [4.78, 5) is 34.4. The van der Waals surface area contributed by atoms with Gasteiger partial charge in [-0.15, -0.1) is 0 Å². The van der Waals surface area contributed by atoms with Gasteiger partial charge in [0.2, 0.25) is 23.5 Å². The molecule has 1 fully saturated rings. The van der Waals surface area contributed by atoms with Gasteiger partial charge in [0.05, 0.1) is 13.0 Å². The van der Waals surface area contributed by atoms with Gasteiger partial charge in [0.15, 0.2) is 0 Å². The molecule has 1 N–H and O–H groups in total. The van der Waals surface area contributed by atoms with Crippen molar-refractivity contribution in [2.75, 3.05) is 26.2 Å². The van der Waals surface area contributed by atoms with Gasteiger partial charge in [0.25, 0.3) is 0 Å². The third-order valence-electron chi connectivity index (χ3n) is 6.28. The highest BCUT2D eigenvalue weighted by Crippen LogP contribution is 2.18. The molecule has 0 radical (unpaired) electrons. The molecule has 2 amide bonds. The Morgan fingerprint density at radius 3 is 2.34 bits per heavy atom. The standard InChI is InChI=1S/C27H33N5O3/c1-19(2)25(28-23(33)17-21-7-5-4-6-8-21)27(34)32-15-13-31(14-16-32)18-24-29-26(30-35-24)22-11-9-20(3)10-12-22/h4-12,19,25H,13-18H2,1-3H3,(H,28,33). The average Bonchev–Trinajstić information content (AvgIpc) is 3.32. The van der Waals surface area contributed by atoms with Crippen molar-refractivity contribution in [2.45, 2.75) is 39.8 Å². The van der Waals surface area contributed by atoms with E-state index in [1.54, 1.807) is 0 Å². The van der Waals surface area contributed by atoms with Crippen molar-refractivity contribution < 1.29 is 14.1 Å². The SMILES string of the molecule is Cc1ccc(-c2noc(CN3CCN(C(=O)C(NC(=O)Cc4ccccc4)C(C)C)CC3)n2)cc1. The monoisotopic (exact) mass is 475 g/mol. The molecular formula is C27H33N5O3. The van der Waals surface area contributed by atoms with E-state index in [0.29, 0.717) is 44.4 Å². The molecule has 2 heterocycles. The fourth-order valence-electron chi connectivity index (χ4n) is 4.17. The number of aromatic nitrogens is 2. The molecule has 0 bridgehead atoms. The van der Waals surface area contributed by atoms with E-state index in [1.165, 1.54) is 5.56 Å². The minimum Gasteiger partial charge on any atom is -0.344 e. The fourth-order valence-corrected chi connectivity index (χ4v) is 4.17. The quantitative estimate of drug-likeness (QED) is 0.538. The summed E-state index contributed by atoms with van der Waals surface area (Å²) < 4.78 is 5.46. The number of carbonyl (C=O) groups excluding carboxylic acids is 2. The summed E-state index contributed by atoms with van der Waals surface area (Å²) in [6.07, 6.45) is 0.264. The Hall–Kier alpha value is -3.52. The molecule has 1 saturated heterocycles. The summed E-state index contributed by atoms with van der Waals surface area (Å²) in [6.45, 7) is 9.10. The Bertz CT molecular complexity index is 1120. The fraction of sp³-hybridized carbons (Fsp3) is 0.407. The lowest BCUT2D eigenvalue weighted by Gasteiger charge is -2.36. The van der Waals surface area contributed by atoms with Gasteiger partial charge in [0, 0.05) is 31.7 Å². The lowest BCUT2D eigenvalue weighted by molar-refractivity contribution is -0.139. The molecule has 8 heteroatoms. The molecule has 0 spiro atoms. The molecule has 1 aliphatic heterocycles. The second kappa shape index (κ2) is 11.3. The molecule has 3 aromatic rings. The lowest BCUT2D eigenvalue weighted by atomic mass is 10.0. The number of aryl methyl sites for hydroxylation is 1. The molecule has 8 nitrogen and oxygen atoms in total. The van der Waals surface area contributed by atoms with Crippen molar-refractivity contribution >= 4 is 11.8 Å². The molecule has 1 aliphatic rings. The van der Waals surface area contributed by atoms with E-state index in [9.17, 15) is 9.59 Å². The van der Waals surface area contributed by atoms with Gasteiger partial charge in [0.1, 0.15) is 6.04 Å². The van der Waals surface area contributed by atoms with Crippen LogP contribution < -0.4 is 5.32 Å². The smallest absolute Gasteiger partial charge is 0.245 e. The highest BCUT2D eigenvalue weighted by Gasteiger charge is 2.31. The largest absolute Gasteiger partial charge is 0.344 e. The van der Waals surface area contributed by atoms with Crippen LogP contribution >= 0.6 is 0 Å². The Morgan fingerprint density at radius 2 is 1.69 bits per heavy atom. The number of hydrogen-bond acceptors (Lipinski definition) is 6. The van der Waals surface area contributed by atoms with Crippen LogP contribution in [0.3, 0.4) is 0 Å². The van der Waals surface area contributed by atoms with Crippen molar-refractivity contribution in [1.29, 1.82) is 0 Å². The Kier molecular flexibility index (Phi) is 7.92. The van der Waals surface area contributed by atoms with E-state index in [-0.39, 0.29) is 24.2 Å². The van der Waals surface area contributed by atoms with Crippen molar-refractivity contribution in [3.63, 3.8) is 0 Å². The van der Waals surface area contributed by atoms with Crippen LogP contribution in [0.2, 0.25) is 0 Å². The maximum atomic E-state index is 13.2. The molecule has 0 saturated carbocycles. The van der Waals surface area contributed by atoms with Crippen molar-refractivity contribution in [2.24, 2.45) is 5.92 Å². The normalized spacial score (nSPS) is 15.3. The van der Waals surface area contributed by atoms with Crippen LogP contribution in [0.5, 0.6) is 0 Å². The first-order chi connectivity index (χ1) is 16.9. The van der Waals surface area contributed by atoms with Crippen molar-refractivity contribution in [3.05, 3.63) is 71.6 Å². The molecule has 1 unspecified atom stereocenters. The summed E-state index contributed by atoms with van der Waals surface area (Å²) >= 11 is 0. The molecular weight excluding hydrogens is 442 g/mol. The van der Waals surface area contributed by atoms with E-state index in [2.05, 4.69) is 20.4 Å². The maximum absolute atomic E-state index is 13.2. The zero-order valence-electron chi connectivity index (χ0n) is 20.6. The van der Waals surface area contributed by atoms with Gasteiger partial charge in [-0.05, 0) is 18.4 Å². The number of piperazine rings is 1. The Balaban J connectivity index is 1.28.